The number of methoxy groups -OCH3 is 1. The molecule has 0 amide bonds. The lowest BCUT2D eigenvalue weighted by atomic mass is 9.95. The Morgan fingerprint density at radius 1 is 1.58 bits per heavy atom. The van der Waals surface area contributed by atoms with Gasteiger partial charge in [0.25, 0.3) is 0 Å². The summed E-state index contributed by atoms with van der Waals surface area (Å²) in [4.78, 5) is 13.6. The van der Waals surface area contributed by atoms with Crippen molar-refractivity contribution >= 4 is 11.7 Å². The fourth-order valence-corrected chi connectivity index (χ4v) is 2.73. The van der Waals surface area contributed by atoms with Crippen LogP contribution in [0.1, 0.15) is 19.8 Å². The minimum atomic E-state index is -0.205. The number of hydrogen-bond acceptors (Lipinski definition) is 3. The summed E-state index contributed by atoms with van der Waals surface area (Å²) in [5.74, 6) is 0.0490. The van der Waals surface area contributed by atoms with Crippen LogP contribution in [0.2, 0.25) is 0 Å². The molecule has 0 spiro atoms. The number of hydrogen-bond donors (Lipinski definition) is 0. The fraction of sp³-hybridized carbons (Fsp3) is 0.533. The monoisotopic (exact) mass is 265 g/mol. The number of anilines is 1. The van der Waals surface area contributed by atoms with Crippen LogP contribution in [0, 0.1) is 17.7 Å². The van der Waals surface area contributed by atoms with E-state index >= 15 is 0 Å². The van der Waals surface area contributed by atoms with Gasteiger partial charge in [-0.05, 0) is 37.0 Å². The molecule has 1 fully saturated rings. The first kappa shape index (κ1) is 13.8. The van der Waals surface area contributed by atoms with Gasteiger partial charge in [0.15, 0.2) is 0 Å². The molecule has 1 aliphatic heterocycles. The van der Waals surface area contributed by atoms with Crippen molar-refractivity contribution in [2.75, 3.05) is 25.1 Å². The standard InChI is InChI=1S/C15H20FNO2/c1-11(15(18)19-2)8-12-6-7-17(10-12)14-5-3-4-13(16)9-14/h3-5,9,11-12H,6-8,10H2,1-2H3. The molecule has 104 valence electrons. The predicted molar refractivity (Wildman–Crippen MR) is 72.5 cm³/mol. The summed E-state index contributed by atoms with van der Waals surface area (Å²) < 4.78 is 17.9. The van der Waals surface area contributed by atoms with Crippen LogP contribution < -0.4 is 4.90 Å². The van der Waals surface area contributed by atoms with E-state index in [1.807, 2.05) is 13.0 Å². The summed E-state index contributed by atoms with van der Waals surface area (Å²) in [5, 5.41) is 0. The highest BCUT2D eigenvalue weighted by atomic mass is 19.1. The molecule has 1 aromatic carbocycles. The van der Waals surface area contributed by atoms with Gasteiger partial charge in [0, 0.05) is 18.8 Å². The molecule has 2 unspecified atom stereocenters. The highest BCUT2D eigenvalue weighted by Gasteiger charge is 2.26. The number of carbonyl (C=O) groups is 1. The molecule has 0 N–H and O–H groups in total. The number of halogens is 1. The normalized spacial score (nSPS) is 20.4. The summed E-state index contributed by atoms with van der Waals surface area (Å²) in [6.07, 6.45) is 1.87. The van der Waals surface area contributed by atoms with Crippen molar-refractivity contribution in [3.05, 3.63) is 30.1 Å². The van der Waals surface area contributed by atoms with Crippen LogP contribution >= 0.6 is 0 Å². The molecule has 2 atom stereocenters. The van der Waals surface area contributed by atoms with Crippen molar-refractivity contribution in [2.24, 2.45) is 11.8 Å². The van der Waals surface area contributed by atoms with Crippen molar-refractivity contribution in [2.45, 2.75) is 19.8 Å². The number of rotatable bonds is 4. The molecular weight excluding hydrogens is 245 g/mol. The zero-order valence-corrected chi connectivity index (χ0v) is 11.4. The van der Waals surface area contributed by atoms with E-state index in [9.17, 15) is 9.18 Å². The Bertz CT molecular complexity index is 450. The molecule has 0 aromatic heterocycles. The Morgan fingerprint density at radius 3 is 3.05 bits per heavy atom. The SMILES string of the molecule is COC(=O)C(C)CC1CCN(c2cccc(F)c2)C1. The first-order chi connectivity index (χ1) is 9.10. The Hall–Kier alpha value is -1.58. The van der Waals surface area contributed by atoms with Gasteiger partial charge in [-0.25, -0.2) is 4.39 Å². The Balaban J connectivity index is 1.91. The lowest BCUT2D eigenvalue weighted by molar-refractivity contribution is -0.145. The van der Waals surface area contributed by atoms with Crippen molar-refractivity contribution in [3.8, 4) is 0 Å². The summed E-state index contributed by atoms with van der Waals surface area (Å²) in [6.45, 7) is 3.70. The van der Waals surface area contributed by atoms with E-state index in [2.05, 4.69) is 4.90 Å². The van der Waals surface area contributed by atoms with E-state index in [4.69, 9.17) is 4.74 Å². The van der Waals surface area contributed by atoms with E-state index in [-0.39, 0.29) is 17.7 Å². The van der Waals surface area contributed by atoms with Crippen LogP contribution in [0.4, 0.5) is 10.1 Å². The molecule has 0 aliphatic carbocycles. The zero-order chi connectivity index (χ0) is 13.8. The minimum Gasteiger partial charge on any atom is -0.469 e. The molecule has 3 nitrogen and oxygen atoms in total. The second-order valence-electron chi connectivity index (χ2n) is 5.24. The third kappa shape index (κ3) is 3.46. The van der Waals surface area contributed by atoms with Crippen molar-refractivity contribution in [3.63, 3.8) is 0 Å². The van der Waals surface area contributed by atoms with Gasteiger partial charge in [-0.1, -0.05) is 13.0 Å². The Labute approximate surface area is 113 Å². The summed E-state index contributed by atoms with van der Waals surface area (Å²) in [7, 11) is 1.42. The molecule has 0 bridgehead atoms. The van der Waals surface area contributed by atoms with Gasteiger partial charge in [-0.2, -0.15) is 0 Å². The number of carbonyl (C=O) groups excluding carboxylic acids is 1. The minimum absolute atomic E-state index is 0.0672. The van der Waals surface area contributed by atoms with Crippen LogP contribution in [-0.4, -0.2) is 26.2 Å². The molecule has 1 heterocycles. The largest absolute Gasteiger partial charge is 0.469 e. The van der Waals surface area contributed by atoms with Gasteiger partial charge >= 0.3 is 5.97 Å². The van der Waals surface area contributed by atoms with Crippen LogP contribution in [0.25, 0.3) is 0 Å². The summed E-state index contributed by atoms with van der Waals surface area (Å²) in [6, 6.07) is 6.67. The fourth-order valence-electron chi connectivity index (χ4n) is 2.73. The maximum Gasteiger partial charge on any atom is 0.308 e. The summed E-state index contributed by atoms with van der Waals surface area (Å²) in [5.41, 5.74) is 0.924. The third-order valence-corrected chi connectivity index (χ3v) is 3.75. The molecule has 1 saturated heterocycles. The number of nitrogens with zero attached hydrogens (tertiary/aromatic N) is 1. The molecule has 2 rings (SSSR count). The lowest BCUT2D eigenvalue weighted by Crippen LogP contribution is -2.22. The lowest BCUT2D eigenvalue weighted by Gasteiger charge is -2.19. The van der Waals surface area contributed by atoms with Crippen molar-refractivity contribution in [1.82, 2.24) is 0 Å². The van der Waals surface area contributed by atoms with Crippen LogP contribution in [-0.2, 0) is 9.53 Å². The van der Waals surface area contributed by atoms with Crippen molar-refractivity contribution in [1.29, 1.82) is 0 Å². The molecule has 1 aromatic rings. The first-order valence-electron chi connectivity index (χ1n) is 6.68. The second kappa shape index (κ2) is 6.04. The van der Waals surface area contributed by atoms with Crippen LogP contribution in [0.5, 0.6) is 0 Å². The highest BCUT2D eigenvalue weighted by Crippen LogP contribution is 2.28. The molecule has 1 aliphatic rings. The predicted octanol–water partition coefficient (Wildman–Crippen LogP) is 2.85. The average Bonchev–Trinajstić information content (AvgIpc) is 2.86. The average molecular weight is 265 g/mol. The highest BCUT2D eigenvalue weighted by molar-refractivity contribution is 5.71. The van der Waals surface area contributed by atoms with Gasteiger partial charge in [-0.3, -0.25) is 4.79 Å². The smallest absolute Gasteiger partial charge is 0.308 e. The van der Waals surface area contributed by atoms with Crippen LogP contribution in [0.15, 0.2) is 24.3 Å². The Kier molecular flexibility index (Phi) is 4.40. The first-order valence-corrected chi connectivity index (χ1v) is 6.68. The quantitative estimate of drug-likeness (QED) is 0.784. The molecular formula is C15H20FNO2. The van der Waals surface area contributed by atoms with Crippen LogP contribution in [0.3, 0.4) is 0 Å². The van der Waals surface area contributed by atoms with Gasteiger partial charge in [0.1, 0.15) is 5.82 Å². The van der Waals surface area contributed by atoms with E-state index in [0.29, 0.717) is 5.92 Å². The van der Waals surface area contributed by atoms with E-state index in [1.165, 1.54) is 13.2 Å². The van der Waals surface area contributed by atoms with E-state index in [0.717, 1.165) is 31.6 Å². The maximum atomic E-state index is 13.2. The summed E-state index contributed by atoms with van der Waals surface area (Å²) >= 11 is 0. The van der Waals surface area contributed by atoms with Gasteiger partial charge in [-0.15, -0.1) is 0 Å². The van der Waals surface area contributed by atoms with E-state index < -0.39 is 0 Å². The molecule has 0 saturated carbocycles. The van der Waals surface area contributed by atoms with Gasteiger partial charge in [0.05, 0.1) is 13.0 Å². The second-order valence-corrected chi connectivity index (χ2v) is 5.24. The molecule has 0 radical (unpaired) electrons. The van der Waals surface area contributed by atoms with Gasteiger partial charge < -0.3 is 9.64 Å². The zero-order valence-electron chi connectivity index (χ0n) is 11.4. The number of ether oxygens (including phenoxy) is 1. The maximum absolute atomic E-state index is 13.2. The van der Waals surface area contributed by atoms with E-state index in [1.54, 1.807) is 12.1 Å². The molecule has 19 heavy (non-hydrogen) atoms. The van der Waals surface area contributed by atoms with Gasteiger partial charge in [0.2, 0.25) is 0 Å². The third-order valence-electron chi connectivity index (χ3n) is 3.75. The molecule has 4 heteroatoms. The number of benzene rings is 1. The number of esters is 1. The topological polar surface area (TPSA) is 29.5 Å². The Morgan fingerprint density at radius 2 is 2.37 bits per heavy atom. The van der Waals surface area contributed by atoms with Crippen molar-refractivity contribution < 1.29 is 13.9 Å².